The summed E-state index contributed by atoms with van der Waals surface area (Å²) < 4.78 is 6.71. The third kappa shape index (κ3) is 9.34. The van der Waals surface area contributed by atoms with Gasteiger partial charge in [-0.05, 0) is 111 Å². The highest BCUT2D eigenvalue weighted by molar-refractivity contribution is 5.84. The number of para-hydroxylation sites is 1. The fourth-order valence-electron chi connectivity index (χ4n) is 6.85. The quantitative estimate of drug-likeness (QED) is 0.155. The van der Waals surface area contributed by atoms with Crippen LogP contribution in [0.2, 0.25) is 0 Å². The van der Waals surface area contributed by atoms with Gasteiger partial charge in [0, 0.05) is 34.9 Å². The Kier molecular flexibility index (Phi) is 10.8. The van der Waals surface area contributed by atoms with Crippen molar-refractivity contribution in [3.63, 3.8) is 0 Å². The van der Waals surface area contributed by atoms with Crippen LogP contribution in [0, 0.1) is 0 Å². The highest BCUT2D eigenvalue weighted by Crippen LogP contribution is 2.45. The van der Waals surface area contributed by atoms with E-state index in [0.29, 0.717) is 0 Å². The molecule has 0 unspecified atom stereocenters. The zero-order chi connectivity index (χ0) is 39.8. The predicted molar refractivity (Wildman–Crippen MR) is 237 cm³/mol. The lowest BCUT2D eigenvalue weighted by molar-refractivity contribution is 0.483. The summed E-state index contributed by atoms with van der Waals surface area (Å²) in [4.78, 5) is 4.70. The summed E-state index contributed by atoms with van der Waals surface area (Å²) in [5.74, 6) is 1.54. The molecule has 55 heavy (non-hydrogen) atoms. The standard InChI is InChI=1S/C52H60N2O/c1-49(2,3)37-18-26-41(27-19-37)53(42-28-20-38(21-29-42)50(4,5)6)45-34-46(36-48(35-45)55-47-16-14-13-15-17-47)54(43-30-22-39(23-31-43)51(7,8)9)44-32-24-40(25-33-44)52(10,11)12/h13-36H,1-12H3. The molecular formula is C52H60N2O. The van der Waals surface area contributed by atoms with Crippen molar-refractivity contribution in [1.82, 2.24) is 0 Å². The maximum Gasteiger partial charge on any atom is 0.131 e. The Hall–Kier alpha value is -5.28. The van der Waals surface area contributed by atoms with Crippen LogP contribution in [0.1, 0.15) is 105 Å². The van der Waals surface area contributed by atoms with Crippen molar-refractivity contribution in [2.75, 3.05) is 9.80 Å². The molecule has 0 radical (unpaired) electrons. The maximum atomic E-state index is 6.71. The molecule has 0 bridgehead atoms. The van der Waals surface area contributed by atoms with Gasteiger partial charge in [-0.2, -0.15) is 0 Å². The van der Waals surface area contributed by atoms with Crippen LogP contribution in [0.3, 0.4) is 0 Å². The van der Waals surface area contributed by atoms with Crippen molar-refractivity contribution in [2.24, 2.45) is 0 Å². The summed E-state index contributed by atoms with van der Waals surface area (Å²) >= 11 is 0. The van der Waals surface area contributed by atoms with E-state index < -0.39 is 0 Å². The molecule has 0 aliphatic carbocycles. The molecule has 0 saturated carbocycles. The average molecular weight is 729 g/mol. The Labute approximate surface area is 331 Å². The molecule has 3 nitrogen and oxygen atoms in total. The second kappa shape index (κ2) is 15.1. The number of nitrogens with zero attached hydrogens (tertiary/aromatic N) is 2. The molecule has 0 N–H and O–H groups in total. The van der Waals surface area contributed by atoms with Crippen LogP contribution < -0.4 is 14.5 Å². The molecule has 284 valence electrons. The second-order valence-corrected chi connectivity index (χ2v) is 19.0. The lowest BCUT2D eigenvalue weighted by atomic mass is 9.86. The molecule has 0 aromatic heterocycles. The summed E-state index contributed by atoms with van der Waals surface area (Å²) in [6, 6.07) is 52.7. The van der Waals surface area contributed by atoms with Crippen molar-refractivity contribution in [3.05, 3.63) is 168 Å². The molecule has 0 atom stereocenters. The first-order chi connectivity index (χ1) is 25.8. The van der Waals surface area contributed by atoms with Crippen LogP contribution >= 0.6 is 0 Å². The zero-order valence-electron chi connectivity index (χ0n) is 35.2. The Bertz CT molecular complexity index is 1920. The smallest absolute Gasteiger partial charge is 0.131 e. The first-order valence-electron chi connectivity index (χ1n) is 19.7. The maximum absolute atomic E-state index is 6.71. The number of hydrogen-bond donors (Lipinski definition) is 0. The van der Waals surface area contributed by atoms with Crippen LogP contribution in [0.25, 0.3) is 0 Å². The Morgan fingerprint density at radius 1 is 0.291 bits per heavy atom. The molecule has 6 aromatic rings. The Balaban J connectivity index is 1.60. The number of benzene rings is 6. The number of rotatable bonds is 8. The molecular weight excluding hydrogens is 669 g/mol. The molecule has 6 rings (SSSR count). The topological polar surface area (TPSA) is 15.7 Å². The monoisotopic (exact) mass is 728 g/mol. The summed E-state index contributed by atoms with van der Waals surface area (Å²) in [5, 5.41) is 0. The molecule has 0 amide bonds. The number of hydrogen-bond acceptors (Lipinski definition) is 3. The van der Waals surface area contributed by atoms with Gasteiger partial charge >= 0.3 is 0 Å². The summed E-state index contributed by atoms with van der Waals surface area (Å²) in [5.41, 5.74) is 11.7. The van der Waals surface area contributed by atoms with Gasteiger partial charge in [-0.3, -0.25) is 0 Å². The Morgan fingerprint density at radius 3 is 0.818 bits per heavy atom. The average Bonchev–Trinajstić information content (AvgIpc) is 3.12. The van der Waals surface area contributed by atoms with Gasteiger partial charge in [-0.1, -0.05) is 150 Å². The van der Waals surface area contributed by atoms with Crippen LogP contribution in [0.4, 0.5) is 34.1 Å². The lowest BCUT2D eigenvalue weighted by Gasteiger charge is -2.31. The van der Waals surface area contributed by atoms with E-state index in [1.54, 1.807) is 0 Å². The summed E-state index contributed by atoms with van der Waals surface area (Å²) in [7, 11) is 0. The van der Waals surface area contributed by atoms with Crippen molar-refractivity contribution >= 4 is 34.1 Å². The van der Waals surface area contributed by atoms with Crippen LogP contribution in [-0.2, 0) is 21.7 Å². The first-order valence-corrected chi connectivity index (χ1v) is 19.7. The molecule has 6 aromatic carbocycles. The fourth-order valence-corrected chi connectivity index (χ4v) is 6.85. The third-order valence-corrected chi connectivity index (χ3v) is 10.3. The van der Waals surface area contributed by atoms with E-state index in [2.05, 4.69) is 208 Å². The van der Waals surface area contributed by atoms with E-state index in [1.807, 2.05) is 30.3 Å². The van der Waals surface area contributed by atoms with Gasteiger partial charge in [0.2, 0.25) is 0 Å². The summed E-state index contributed by atoms with van der Waals surface area (Å²) in [6.07, 6.45) is 0. The largest absolute Gasteiger partial charge is 0.457 e. The minimum absolute atomic E-state index is 0.0416. The van der Waals surface area contributed by atoms with Gasteiger partial charge in [0.05, 0.1) is 11.4 Å². The van der Waals surface area contributed by atoms with Crippen molar-refractivity contribution < 1.29 is 4.74 Å². The Morgan fingerprint density at radius 2 is 0.564 bits per heavy atom. The molecule has 0 fully saturated rings. The summed E-state index contributed by atoms with van der Waals surface area (Å²) in [6.45, 7) is 27.1. The minimum Gasteiger partial charge on any atom is -0.457 e. The predicted octanol–water partition coefficient (Wildman–Crippen LogP) is 15.6. The highest BCUT2D eigenvalue weighted by atomic mass is 16.5. The molecule has 3 heteroatoms. The highest BCUT2D eigenvalue weighted by Gasteiger charge is 2.23. The van der Waals surface area contributed by atoms with E-state index in [-0.39, 0.29) is 21.7 Å². The van der Waals surface area contributed by atoms with Gasteiger partial charge in [-0.25, -0.2) is 0 Å². The number of ether oxygens (including phenoxy) is 1. The zero-order valence-corrected chi connectivity index (χ0v) is 35.2. The molecule has 0 saturated heterocycles. The van der Waals surface area contributed by atoms with Crippen molar-refractivity contribution in [2.45, 2.75) is 105 Å². The van der Waals surface area contributed by atoms with E-state index in [0.717, 1.165) is 45.6 Å². The normalized spacial score (nSPS) is 12.4. The van der Waals surface area contributed by atoms with E-state index in [9.17, 15) is 0 Å². The SMILES string of the molecule is CC(C)(C)c1ccc(N(c2ccc(C(C)(C)C)cc2)c2cc(Oc3ccccc3)cc(N(c3ccc(C(C)(C)C)cc3)c3ccc(C(C)(C)C)cc3)c2)cc1. The third-order valence-electron chi connectivity index (χ3n) is 10.3. The molecule has 0 aliphatic rings. The van der Waals surface area contributed by atoms with Gasteiger partial charge in [-0.15, -0.1) is 0 Å². The van der Waals surface area contributed by atoms with Gasteiger partial charge in [0.1, 0.15) is 11.5 Å². The van der Waals surface area contributed by atoms with Gasteiger partial charge in [0.15, 0.2) is 0 Å². The van der Waals surface area contributed by atoms with Gasteiger partial charge < -0.3 is 14.5 Å². The lowest BCUT2D eigenvalue weighted by Crippen LogP contribution is -2.16. The van der Waals surface area contributed by atoms with E-state index in [4.69, 9.17) is 4.74 Å². The molecule has 0 aliphatic heterocycles. The van der Waals surface area contributed by atoms with Crippen LogP contribution in [-0.4, -0.2) is 0 Å². The van der Waals surface area contributed by atoms with E-state index >= 15 is 0 Å². The van der Waals surface area contributed by atoms with E-state index in [1.165, 1.54) is 22.3 Å². The number of anilines is 6. The minimum atomic E-state index is 0.0416. The fraction of sp³-hybridized carbons (Fsp3) is 0.308. The molecule has 0 heterocycles. The van der Waals surface area contributed by atoms with Crippen molar-refractivity contribution in [3.8, 4) is 11.5 Å². The molecule has 0 spiro atoms. The van der Waals surface area contributed by atoms with Crippen LogP contribution in [0.15, 0.2) is 146 Å². The van der Waals surface area contributed by atoms with Crippen molar-refractivity contribution in [1.29, 1.82) is 0 Å². The van der Waals surface area contributed by atoms with Crippen LogP contribution in [0.5, 0.6) is 11.5 Å². The first kappa shape index (κ1) is 39.4. The second-order valence-electron chi connectivity index (χ2n) is 19.0. The van der Waals surface area contributed by atoms with Gasteiger partial charge in [0.25, 0.3) is 0 Å².